The maximum atomic E-state index is 11.1. The number of ketones is 1. The van der Waals surface area contributed by atoms with Gasteiger partial charge in [0.05, 0.1) is 0 Å². The van der Waals surface area contributed by atoms with Gasteiger partial charge in [-0.2, -0.15) is 0 Å². The number of hydrogen-bond donors (Lipinski definition) is 0. The van der Waals surface area contributed by atoms with Gasteiger partial charge in [0.25, 0.3) is 9.58 Å². The monoisotopic (exact) mass is 246 g/mol. The molecule has 0 saturated carbocycles. The SMILES string of the molecule is O=C(C#Cc1ccccc1)C(Cl)(Cl)Cl. The summed E-state index contributed by atoms with van der Waals surface area (Å²) in [5, 5.41) is 0. The first-order valence-corrected chi connectivity index (χ1v) is 4.82. The molecule has 0 spiro atoms. The van der Waals surface area contributed by atoms with Gasteiger partial charge in [0, 0.05) is 5.56 Å². The van der Waals surface area contributed by atoms with Crippen molar-refractivity contribution in [1.82, 2.24) is 0 Å². The number of Topliss-reactive ketones (excluding diaryl/α,β-unsaturated/α-hetero) is 1. The molecule has 0 aliphatic heterocycles. The second-order valence-corrected chi connectivity index (χ2v) is 4.72. The second kappa shape index (κ2) is 4.70. The highest BCUT2D eigenvalue weighted by Crippen LogP contribution is 2.26. The van der Waals surface area contributed by atoms with Gasteiger partial charge in [-0.15, -0.1) is 0 Å². The molecule has 0 aromatic heterocycles. The molecular formula is C10H5Cl3O. The lowest BCUT2D eigenvalue weighted by molar-refractivity contribution is -0.113. The zero-order chi connectivity index (χ0) is 10.6. The van der Waals surface area contributed by atoms with Gasteiger partial charge in [-0.3, -0.25) is 4.79 Å². The fourth-order valence-electron chi connectivity index (χ4n) is 0.721. The molecule has 0 bridgehead atoms. The summed E-state index contributed by atoms with van der Waals surface area (Å²) in [4.78, 5) is 11.1. The molecule has 1 nitrogen and oxygen atoms in total. The van der Waals surface area contributed by atoms with Crippen LogP contribution in [-0.4, -0.2) is 9.58 Å². The Kier molecular flexibility index (Phi) is 3.83. The van der Waals surface area contributed by atoms with Crippen LogP contribution in [0.3, 0.4) is 0 Å². The molecule has 0 aliphatic rings. The van der Waals surface area contributed by atoms with E-state index in [4.69, 9.17) is 34.8 Å². The molecule has 0 atom stereocenters. The third kappa shape index (κ3) is 3.59. The van der Waals surface area contributed by atoms with Crippen LogP contribution in [0.2, 0.25) is 0 Å². The van der Waals surface area contributed by atoms with E-state index >= 15 is 0 Å². The van der Waals surface area contributed by atoms with Crippen molar-refractivity contribution in [2.75, 3.05) is 0 Å². The molecular weight excluding hydrogens is 242 g/mol. The van der Waals surface area contributed by atoms with Gasteiger partial charge in [-0.1, -0.05) is 58.9 Å². The van der Waals surface area contributed by atoms with Crippen LogP contribution >= 0.6 is 34.8 Å². The van der Waals surface area contributed by atoms with E-state index < -0.39 is 9.58 Å². The van der Waals surface area contributed by atoms with Crippen molar-refractivity contribution in [3.05, 3.63) is 35.9 Å². The molecule has 4 heteroatoms. The van der Waals surface area contributed by atoms with Crippen molar-refractivity contribution >= 4 is 40.6 Å². The Morgan fingerprint density at radius 2 is 1.71 bits per heavy atom. The number of benzene rings is 1. The first-order valence-electron chi connectivity index (χ1n) is 3.68. The van der Waals surface area contributed by atoms with Crippen LogP contribution in [0, 0.1) is 11.8 Å². The molecule has 1 aromatic rings. The Balaban J connectivity index is 2.80. The highest BCUT2D eigenvalue weighted by molar-refractivity contribution is 6.77. The van der Waals surface area contributed by atoms with Crippen molar-refractivity contribution in [1.29, 1.82) is 0 Å². The zero-order valence-corrected chi connectivity index (χ0v) is 9.20. The summed E-state index contributed by atoms with van der Waals surface area (Å²) in [5.41, 5.74) is 0.704. The molecule has 0 saturated heterocycles. The molecule has 0 unspecified atom stereocenters. The van der Waals surface area contributed by atoms with E-state index in [1.165, 1.54) is 0 Å². The predicted molar refractivity (Wildman–Crippen MR) is 58.6 cm³/mol. The van der Waals surface area contributed by atoms with Crippen molar-refractivity contribution in [2.24, 2.45) is 0 Å². The number of halogens is 3. The van der Waals surface area contributed by atoms with Crippen LogP contribution in [-0.2, 0) is 4.79 Å². The molecule has 0 amide bonds. The van der Waals surface area contributed by atoms with Crippen molar-refractivity contribution < 1.29 is 4.79 Å². The first kappa shape index (κ1) is 11.4. The molecule has 1 aromatic carbocycles. The van der Waals surface area contributed by atoms with Crippen molar-refractivity contribution in [3.63, 3.8) is 0 Å². The molecule has 0 radical (unpaired) electrons. The van der Waals surface area contributed by atoms with E-state index in [-0.39, 0.29) is 0 Å². The summed E-state index contributed by atoms with van der Waals surface area (Å²) < 4.78 is -1.96. The lowest BCUT2D eigenvalue weighted by Gasteiger charge is -2.01. The van der Waals surface area contributed by atoms with E-state index in [1.807, 2.05) is 18.2 Å². The Morgan fingerprint density at radius 3 is 2.21 bits per heavy atom. The van der Waals surface area contributed by atoms with Gasteiger partial charge in [0.2, 0.25) is 0 Å². The van der Waals surface area contributed by atoms with Crippen LogP contribution in [0.5, 0.6) is 0 Å². The van der Waals surface area contributed by atoms with Crippen LogP contribution in [0.15, 0.2) is 30.3 Å². The van der Waals surface area contributed by atoms with Crippen LogP contribution in [0.4, 0.5) is 0 Å². The third-order valence-corrected chi connectivity index (χ3v) is 1.87. The molecule has 0 fully saturated rings. The number of carbonyl (C=O) groups excluding carboxylic acids is 1. The molecule has 0 N–H and O–H groups in total. The topological polar surface area (TPSA) is 17.1 Å². The van der Waals surface area contributed by atoms with Gasteiger partial charge in [-0.05, 0) is 18.1 Å². The minimum absolute atomic E-state index is 0.704. The molecule has 1 rings (SSSR count). The third-order valence-electron chi connectivity index (χ3n) is 1.35. The zero-order valence-electron chi connectivity index (χ0n) is 6.93. The average molecular weight is 248 g/mol. The first-order chi connectivity index (χ1) is 6.50. The summed E-state index contributed by atoms with van der Waals surface area (Å²) in [5.74, 6) is 4.12. The van der Waals surface area contributed by atoms with E-state index in [2.05, 4.69) is 11.8 Å². The fraction of sp³-hybridized carbons (Fsp3) is 0.100. The standard InChI is InChI=1S/C10H5Cl3O/c11-10(12,13)9(14)7-6-8-4-2-1-3-5-8/h1-5H. The predicted octanol–water partition coefficient (Wildman–Crippen LogP) is 2.98. The molecule has 0 heterocycles. The van der Waals surface area contributed by atoms with Gasteiger partial charge in [0.1, 0.15) is 0 Å². The average Bonchev–Trinajstić information content (AvgIpc) is 2.14. The summed E-state index contributed by atoms with van der Waals surface area (Å²) >= 11 is 16.0. The Hall–Kier alpha value is -0.680. The summed E-state index contributed by atoms with van der Waals surface area (Å²) in [6.07, 6.45) is 0. The number of hydrogen-bond acceptors (Lipinski definition) is 1. The maximum absolute atomic E-state index is 11.1. The smallest absolute Gasteiger partial charge is 0.261 e. The highest BCUT2D eigenvalue weighted by atomic mass is 35.6. The Labute approximate surface area is 97.0 Å². The molecule has 0 aliphatic carbocycles. The van der Waals surface area contributed by atoms with Gasteiger partial charge in [-0.25, -0.2) is 0 Å². The largest absolute Gasteiger partial charge is 0.280 e. The van der Waals surface area contributed by atoms with Crippen molar-refractivity contribution in [2.45, 2.75) is 3.79 Å². The van der Waals surface area contributed by atoms with Gasteiger partial charge in [0.15, 0.2) is 0 Å². The Bertz CT molecular complexity index is 381. The number of rotatable bonds is 0. The summed E-state index contributed by atoms with van der Waals surface area (Å²) in [6, 6.07) is 8.99. The lowest BCUT2D eigenvalue weighted by atomic mass is 10.2. The molecule has 14 heavy (non-hydrogen) atoms. The van der Waals surface area contributed by atoms with E-state index in [0.29, 0.717) is 5.56 Å². The van der Waals surface area contributed by atoms with E-state index in [1.54, 1.807) is 12.1 Å². The minimum atomic E-state index is -1.96. The number of alkyl halides is 3. The van der Waals surface area contributed by atoms with Crippen LogP contribution in [0.25, 0.3) is 0 Å². The van der Waals surface area contributed by atoms with Gasteiger partial charge < -0.3 is 0 Å². The second-order valence-electron chi connectivity index (χ2n) is 2.44. The number of carbonyl (C=O) groups is 1. The van der Waals surface area contributed by atoms with Gasteiger partial charge >= 0.3 is 0 Å². The van der Waals surface area contributed by atoms with Crippen LogP contribution in [0.1, 0.15) is 5.56 Å². The van der Waals surface area contributed by atoms with E-state index in [0.717, 1.165) is 0 Å². The molecule has 72 valence electrons. The Morgan fingerprint density at radius 1 is 1.14 bits per heavy atom. The normalized spacial score (nSPS) is 10.2. The van der Waals surface area contributed by atoms with E-state index in [9.17, 15) is 4.79 Å². The summed E-state index contributed by atoms with van der Waals surface area (Å²) in [6.45, 7) is 0. The fourth-order valence-corrected chi connectivity index (χ4v) is 0.863. The minimum Gasteiger partial charge on any atom is -0.280 e. The quantitative estimate of drug-likeness (QED) is 0.509. The lowest BCUT2D eigenvalue weighted by Crippen LogP contribution is -2.16. The summed E-state index contributed by atoms with van der Waals surface area (Å²) in [7, 11) is 0. The van der Waals surface area contributed by atoms with Crippen LogP contribution < -0.4 is 0 Å². The van der Waals surface area contributed by atoms with Crippen molar-refractivity contribution in [3.8, 4) is 11.8 Å². The maximum Gasteiger partial charge on any atom is 0.261 e. The highest BCUT2D eigenvalue weighted by Gasteiger charge is 2.28.